The van der Waals surface area contributed by atoms with Gasteiger partial charge in [0.25, 0.3) is 0 Å². The maximum Gasteiger partial charge on any atom is 0.319 e. The number of hydrogen-bond acceptors (Lipinski definition) is 3. The van der Waals surface area contributed by atoms with Gasteiger partial charge in [-0.05, 0) is 39.3 Å². The second kappa shape index (κ2) is 6.57. The highest BCUT2D eigenvalue weighted by molar-refractivity contribution is 5.73. The van der Waals surface area contributed by atoms with Gasteiger partial charge < -0.3 is 15.1 Å². The third-order valence-corrected chi connectivity index (χ3v) is 4.45. The van der Waals surface area contributed by atoms with E-state index in [1.807, 2.05) is 26.0 Å². The fraction of sp³-hybridized carbons (Fsp3) is 0.929. The molecule has 5 nitrogen and oxygen atoms in total. The maximum atomic E-state index is 11.9. The fourth-order valence-corrected chi connectivity index (χ4v) is 3.47. The largest absolute Gasteiger partial charge is 0.331 e. The maximum absolute atomic E-state index is 11.9. The van der Waals surface area contributed by atoms with Crippen LogP contribution in [0, 0.1) is 0 Å². The Kier molecular flexibility index (Phi) is 5.05. The van der Waals surface area contributed by atoms with Crippen LogP contribution in [-0.2, 0) is 0 Å². The van der Waals surface area contributed by atoms with Crippen molar-refractivity contribution < 1.29 is 4.79 Å². The van der Waals surface area contributed by atoms with Crippen LogP contribution in [0.5, 0.6) is 0 Å². The third-order valence-electron chi connectivity index (χ3n) is 4.45. The van der Waals surface area contributed by atoms with Crippen molar-refractivity contribution in [3.63, 3.8) is 0 Å². The van der Waals surface area contributed by atoms with Gasteiger partial charge in [0.15, 0.2) is 0 Å². The predicted molar refractivity (Wildman–Crippen MR) is 77.3 cm³/mol. The number of likely N-dealkylation sites (N-methyl/N-ethyl adjacent to an activating group) is 1. The summed E-state index contributed by atoms with van der Waals surface area (Å²) in [5.74, 6) is 0. The van der Waals surface area contributed by atoms with E-state index in [2.05, 4.69) is 10.2 Å². The quantitative estimate of drug-likeness (QED) is 0.823. The lowest BCUT2D eigenvalue weighted by atomic mass is 10.0. The lowest BCUT2D eigenvalue weighted by Gasteiger charge is -2.40. The first-order valence-electron chi connectivity index (χ1n) is 7.50. The summed E-state index contributed by atoms with van der Waals surface area (Å²) < 4.78 is 0. The van der Waals surface area contributed by atoms with E-state index in [1.165, 1.54) is 19.4 Å². The van der Waals surface area contributed by atoms with Crippen LogP contribution in [-0.4, -0.2) is 80.1 Å². The first-order chi connectivity index (χ1) is 9.13. The van der Waals surface area contributed by atoms with Gasteiger partial charge in [0, 0.05) is 45.8 Å². The lowest BCUT2D eigenvalue weighted by molar-refractivity contribution is 0.0995. The van der Waals surface area contributed by atoms with Crippen LogP contribution < -0.4 is 5.32 Å². The summed E-state index contributed by atoms with van der Waals surface area (Å²) >= 11 is 0. The molecule has 0 saturated carbocycles. The fourth-order valence-electron chi connectivity index (χ4n) is 3.47. The Balaban J connectivity index is 1.84. The third kappa shape index (κ3) is 3.39. The van der Waals surface area contributed by atoms with Gasteiger partial charge in [-0.25, -0.2) is 4.79 Å². The average Bonchev–Trinajstić information content (AvgIpc) is 2.87. The number of carbonyl (C=O) groups is 1. The Morgan fingerprint density at radius 2 is 1.89 bits per heavy atom. The standard InChI is InChI=1S/C14H28N4O/c1-15-11-13-5-4-8-18(13)12-6-9-17(10-7-12)14(19)16(2)3/h12-13,15H,4-11H2,1-3H3. The van der Waals surface area contributed by atoms with Crippen LogP contribution in [0.1, 0.15) is 25.7 Å². The van der Waals surface area contributed by atoms with Crippen molar-refractivity contribution in [3.8, 4) is 0 Å². The molecule has 0 aromatic rings. The SMILES string of the molecule is CNCC1CCCN1C1CCN(C(=O)N(C)C)CC1. The number of hydrogen-bond donors (Lipinski definition) is 1. The predicted octanol–water partition coefficient (Wildman–Crippen LogP) is 0.816. The zero-order chi connectivity index (χ0) is 13.8. The van der Waals surface area contributed by atoms with Crippen molar-refractivity contribution in [2.24, 2.45) is 0 Å². The molecule has 0 aliphatic carbocycles. The van der Waals surface area contributed by atoms with Crippen LogP contribution in [0.2, 0.25) is 0 Å². The van der Waals surface area contributed by atoms with Crippen molar-refractivity contribution >= 4 is 6.03 Å². The molecule has 0 aromatic heterocycles. The summed E-state index contributed by atoms with van der Waals surface area (Å²) in [7, 11) is 5.70. The van der Waals surface area contributed by atoms with Gasteiger partial charge in [-0.15, -0.1) is 0 Å². The summed E-state index contributed by atoms with van der Waals surface area (Å²) in [6.07, 6.45) is 4.89. The summed E-state index contributed by atoms with van der Waals surface area (Å²) in [5, 5.41) is 3.31. The molecule has 1 unspecified atom stereocenters. The summed E-state index contributed by atoms with van der Waals surface area (Å²) in [4.78, 5) is 18.3. The second-order valence-electron chi connectivity index (χ2n) is 5.99. The monoisotopic (exact) mass is 268 g/mol. The highest BCUT2D eigenvalue weighted by atomic mass is 16.2. The van der Waals surface area contributed by atoms with Crippen molar-refractivity contribution in [2.75, 3.05) is 47.3 Å². The van der Waals surface area contributed by atoms with Gasteiger partial charge in [0.05, 0.1) is 0 Å². The Morgan fingerprint density at radius 3 is 2.47 bits per heavy atom. The molecule has 2 aliphatic heterocycles. The molecule has 0 bridgehead atoms. The number of nitrogens with zero attached hydrogens (tertiary/aromatic N) is 3. The number of carbonyl (C=O) groups excluding carboxylic acids is 1. The Morgan fingerprint density at radius 1 is 1.21 bits per heavy atom. The molecule has 19 heavy (non-hydrogen) atoms. The average molecular weight is 268 g/mol. The van der Waals surface area contributed by atoms with Crippen LogP contribution in [0.3, 0.4) is 0 Å². The molecule has 2 saturated heterocycles. The van der Waals surface area contributed by atoms with Gasteiger partial charge >= 0.3 is 6.03 Å². The van der Waals surface area contributed by atoms with E-state index in [1.54, 1.807) is 4.90 Å². The van der Waals surface area contributed by atoms with Crippen molar-refractivity contribution in [2.45, 2.75) is 37.8 Å². The van der Waals surface area contributed by atoms with Crippen LogP contribution >= 0.6 is 0 Å². The first kappa shape index (κ1) is 14.6. The number of urea groups is 1. The first-order valence-corrected chi connectivity index (χ1v) is 7.50. The van der Waals surface area contributed by atoms with Crippen molar-refractivity contribution in [3.05, 3.63) is 0 Å². The molecule has 1 N–H and O–H groups in total. The number of amides is 2. The molecular weight excluding hydrogens is 240 g/mol. The van der Waals surface area contributed by atoms with Crippen molar-refractivity contribution in [1.29, 1.82) is 0 Å². The van der Waals surface area contributed by atoms with Crippen LogP contribution in [0.15, 0.2) is 0 Å². The van der Waals surface area contributed by atoms with Crippen LogP contribution in [0.25, 0.3) is 0 Å². The van der Waals surface area contributed by atoms with E-state index in [-0.39, 0.29) is 6.03 Å². The minimum absolute atomic E-state index is 0.159. The number of piperidine rings is 1. The zero-order valence-electron chi connectivity index (χ0n) is 12.6. The normalized spacial score (nSPS) is 25.8. The van der Waals surface area contributed by atoms with Gasteiger partial charge in [-0.3, -0.25) is 4.90 Å². The number of rotatable bonds is 3. The Hall–Kier alpha value is -0.810. The summed E-state index contributed by atoms with van der Waals surface area (Å²) in [6.45, 7) is 4.14. The molecule has 2 fully saturated rings. The Bertz CT molecular complexity index is 300. The lowest BCUT2D eigenvalue weighted by Crippen LogP contribution is -2.51. The minimum atomic E-state index is 0.159. The zero-order valence-corrected chi connectivity index (χ0v) is 12.6. The van der Waals surface area contributed by atoms with E-state index in [0.29, 0.717) is 12.1 Å². The highest BCUT2D eigenvalue weighted by Gasteiger charge is 2.33. The van der Waals surface area contributed by atoms with E-state index in [0.717, 1.165) is 32.5 Å². The molecule has 0 radical (unpaired) electrons. The molecule has 0 aromatic carbocycles. The highest BCUT2D eigenvalue weighted by Crippen LogP contribution is 2.25. The molecule has 5 heteroatoms. The molecule has 1 atom stereocenters. The van der Waals surface area contributed by atoms with Gasteiger partial charge in [-0.1, -0.05) is 0 Å². The number of nitrogens with one attached hydrogen (secondary N) is 1. The van der Waals surface area contributed by atoms with E-state index >= 15 is 0 Å². The van der Waals surface area contributed by atoms with E-state index in [4.69, 9.17) is 0 Å². The van der Waals surface area contributed by atoms with Crippen molar-refractivity contribution in [1.82, 2.24) is 20.0 Å². The molecular formula is C14H28N4O. The Labute approximate surface area is 116 Å². The van der Waals surface area contributed by atoms with E-state index in [9.17, 15) is 4.79 Å². The molecule has 0 spiro atoms. The molecule has 2 rings (SSSR count). The number of likely N-dealkylation sites (tertiary alicyclic amines) is 2. The smallest absolute Gasteiger partial charge is 0.319 e. The molecule has 2 aliphatic rings. The molecule has 2 heterocycles. The minimum Gasteiger partial charge on any atom is -0.331 e. The summed E-state index contributed by atoms with van der Waals surface area (Å²) in [5.41, 5.74) is 0. The topological polar surface area (TPSA) is 38.8 Å². The van der Waals surface area contributed by atoms with Gasteiger partial charge in [0.1, 0.15) is 0 Å². The van der Waals surface area contributed by atoms with Gasteiger partial charge in [0.2, 0.25) is 0 Å². The second-order valence-corrected chi connectivity index (χ2v) is 5.99. The van der Waals surface area contributed by atoms with Crippen LogP contribution in [0.4, 0.5) is 4.79 Å². The van der Waals surface area contributed by atoms with E-state index < -0.39 is 0 Å². The van der Waals surface area contributed by atoms with Gasteiger partial charge in [-0.2, -0.15) is 0 Å². The molecule has 110 valence electrons. The molecule has 2 amide bonds. The summed E-state index contributed by atoms with van der Waals surface area (Å²) in [6, 6.07) is 1.53.